The molecule has 1 unspecified atom stereocenters. The van der Waals surface area contributed by atoms with Gasteiger partial charge in [0.25, 0.3) is 0 Å². The third-order valence-electron chi connectivity index (χ3n) is 4.06. The Morgan fingerprint density at radius 2 is 2.05 bits per heavy atom. The average molecular weight is 291 g/mol. The molecule has 0 amide bonds. The lowest BCUT2D eigenvalue weighted by molar-refractivity contribution is -0.136. The molecule has 0 saturated carbocycles. The minimum Gasteiger partial charge on any atom is -0.492 e. The van der Waals surface area contributed by atoms with E-state index in [1.54, 1.807) is 0 Å². The van der Waals surface area contributed by atoms with Crippen LogP contribution in [0.25, 0.3) is 0 Å². The van der Waals surface area contributed by atoms with E-state index in [-0.39, 0.29) is 6.42 Å². The van der Waals surface area contributed by atoms with Crippen molar-refractivity contribution in [3.8, 4) is 5.75 Å². The number of rotatable bonds is 6. The van der Waals surface area contributed by atoms with Crippen molar-refractivity contribution in [1.29, 1.82) is 0 Å². The van der Waals surface area contributed by atoms with Gasteiger partial charge in [-0.1, -0.05) is 19.1 Å². The van der Waals surface area contributed by atoms with Crippen molar-refractivity contribution >= 4 is 5.97 Å². The lowest BCUT2D eigenvalue weighted by atomic mass is 10.0. The summed E-state index contributed by atoms with van der Waals surface area (Å²) >= 11 is 0. The van der Waals surface area contributed by atoms with Gasteiger partial charge in [0.05, 0.1) is 6.42 Å². The van der Waals surface area contributed by atoms with Crippen molar-refractivity contribution in [2.24, 2.45) is 5.92 Å². The molecule has 0 bridgehead atoms. The molecule has 1 aromatic rings. The first-order chi connectivity index (χ1) is 10.1. The van der Waals surface area contributed by atoms with Crippen LogP contribution in [0.1, 0.15) is 31.7 Å². The maximum absolute atomic E-state index is 10.6. The summed E-state index contributed by atoms with van der Waals surface area (Å²) in [6, 6.07) is 7.33. The topological polar surface area (TPSA) is 49.8 Å². The molecule has 1 aliphatic rings. The smallest absolute Gasteiger partial charge is 0.307 e. The molecule has 116 valence electrons. The summed E-state index contributed by atoms with van der Waals surface area (Å²) in [7, 11) is 0. The second kappa shape index (κ2) is 8.03. The number of aliphatic carboxylic acids is 1. The highest BCUT2D eigenvalue weighted by Crippen LogP contribution is 2.17. The zero-order valence-corrected chi connectivity index (χ0v) is 12.8. The summed E-state index contributed by atoms with van der Waals surface area (Å²) in [5.74, 6) is 0.851. The van der Waals surface area contributed by atoms with Crippen LogP contribution in [0.2, 0.25) is 0 Å². The van der Waals surface area contributed by atoms with Crippen LogP contribution in [0.5, 0.6) is 5.75 Å². The number of likely N-dealkylation sites (tertiary alicyclic amines) is 1. The molecule has 4 nitrogen and oxygen atoms in total. The monoisotopic (exact) mass is 291 g/mol. The Hall–Kier alpha value is -1.55. The molecule has 4 heteroatoms. The fraction of sp³-hybridized carbons (Fsp3) is 0.588. The Morgan fingerprint density at radius 3 is 2.76 bits per heavy atom. The van der Waals surface area contributed by atoms with Crippen molar-refractivity contribution in [1.82, 2.24) is 4.90 Å². The molecular formula is C17H25NO3. The van der Waals surface area contributed by atoms with E-state index in [0.29, 0.717) is 6.61 Å². The quantitative estimate of drug-likeness (QED) is 0.875. The normalized spacial score (nSPS) is 20.0. The predicted molar refractivity (Wildman–Crippen MR) is 82.7 cm³/mol. The highest BCUT2D eigenvalue weighted by atomic mass is 16.5. The summed E-state index contributed by atoms with van der Waals surface area (Å²) < 4.78 is 5.75. The fourth-order valence-corrected chi connectivity index (χ4v) is 2.72. The van der Waals surface area contributed by atoms with E-state index < -0.39 is 5.97 Å². The Balaban J connectivity index is 1.71. The molecule has 0 aromatic heterocycles. The zero-order chi connectivity index (χ0) is 15.1. The van der Waals surface area contributed by atoms with Gasteiger partial charge in [0.15, 0.2) is 0 Å². The second-order valence-electron chi connectivity index (χ2n) is 5.94. The van der Waals surface area contributed by atoms with E-state index in [9.17, 15) is 4.79 Å². The second-order valence-corrected chi connectivity index (χ2v) is 5.94. The van der Waals surface area contributed by atoms with Crippen molar-refractivity contribution in [3.05, 3.63) is 29.8 Å². The fourth-order valence-electron chi connectivity index (χ4n) is 2.72. The van der Waals surface area contributed by atoms with E-state index in [0.717, 1.165) is 23.8 Å². The van der Waals surface area contributed by atoms with Gasteiger partial charge in [-0.05, 0) is 56.0 Å². The highest BCUT2D eigenvalue weighted by Gasteiger charge is 2.13. The molecule has 0 aliphatic carbocycles. The molecule has 1 fully saturated rings. The molecule has 0 spiro atoms. The molecule has 1 N–H and O–H groups in total. The Morgan fingerprint density at radius 1 is 1.29 bits per heavy atom. The van der Waals surface area contributed by atoms with E-state index in [4.69, 9.17) is 9.84 Å². The number of carbonyl (C=O) groups is 1. The van der Waals surface area contributed by atoms with E-state index in [1.165, 1.54) is 32.4 Å². The SMILES string of the molecule is CC1CCCN(CCOc2ccc(CC(=O)O)cc2)CC1. The molecule has 0 radical (unpaired) electrons. The lowest BCUT2D eigenvalue weighted by Crippen LogP contribution is -2.29. The predicted octanol–water partition coefficient (Wildman–Crippen LogP) is 2.81. The highest BCUT2D eigenvalue weighted by molar-refractivity contribution is 5.70. The first-order valence-corrected chi connectivity index (χ1v) is 7.79. The zero-order valence-electron chi connectivity index (χ0n) is 12.8. The molecule has 1 aromatic carbocycles. The van der Waals surface area contributed by atoms with Gasteiger partial charge in [0.2, 0.25) is 0 Å². The van der Waals surface area contributed by atoms with Gasteiger partial charge >= 0.3 is 5.97 Å². The number of nitrogens with zero attached hydrogens (tertiary/aromatic N) is 1. The van der Waals surface area contributed by atoms with E-state index in [1.807, 2.05) is 24.3 Å². The van der Waals surface area contributed by atoms with Gasteiger partial charge in [0, 0.05) is 6.54 Å². The van der Waals surface area contributed by atoms with Crippen LogP contribution in [-0.2, 0) is 11.2 Å². The standard InChI is InChI=1S/C17H25NO3/c1-14-3-2-9-18(10-8-14)11-12-21-16-6-4-15(5-7-16)13-17(19)20/h4-7,14H,2-3,8-13H2,1H3,(H,19,20). The first-order valence-electron chi connectivity index (χ1n) is 7.79. The number of carboxylic acids is 1. The van der Waals surface area contributed by atoms with Crippen molar-refractivity contribution in [3.63, 3.8) is 0 Å². The van der Waals surface area contributed by atoms with Gasteiger partial charge in [0.1, 0.15) is 12.4 Å². The van der Waals surface area contributed by atoms with Gasteiger partial charge < -0.3 is 9.84 Å². The lowest BCUT2D eigenvalue weighted by Gasteiger charge is -2.20. The molecule has 1 aliphatic heterocycles. The van der Waals surface area contributed by atoms with Gasteiger partial charge in [-0.2, -0.15) is 0 Å². The third kappa shape index (κ3) is 5.76. The van der Waals surface area contributed by atoms with Crippen LogP contribution in [0, 0.1) is 5.92 Å². The van der Waals surface area contributed by atoms with Crippen LogP contribution in [0.3, 0.4) is 0 Å². The summed E-state index contributed by atoms with van der Waals surface area (Å²) in [5.41, 5.74) is 0.802. The summed E-state index contributed by atoms with van der Waals surface area (Å²) in [6.07, 6.45) is 3.96. The number of hydrogen-bond acceptors (Lipinski definition) is 3. The number of hydrogen-bond donors (Lipinski definition) is 1. The minimum absolute atomic E-state index is 0.0617. The van der Waals surface area contributed by atoms with Crippen LogP contribution in [0.15, 0.2) is 24.3 Å². The largest absolute Gasteiger partial charge is 0.492 e. The van der Waals surface area contributed by atoms with Crippen molar-refractivity contribution in [2.45, 2.75) is 32.6 Å². The van der Waals surface area contributed by atoms with Gasteiger partial charge in [-0.25, -0.2) is 0 Å². The first kappa shape index (κ1) is 15.8. The van der Waals surface area contributed by atoms with Crippen LogP contribution in [0.4, 0.5) is 0 Å². The van der Waals surface area contributed by atoms with Crippen LogP contribution >= 0.6 is 0 Å². The molecular weight excluding hydrogens is 266 g/mol. The van der Waals surface area contributed by atoms with E-state index in [2.05, 4.69) is 11.8 Å². The maximum Gasteiger partial charge on any atom is 0.307 e. The van der Waals surface area contributed by atoms with E-state index >= 15 is 0 Å². The van der Waals surface area contributed by atoms with Crippen molar-refractivity contribution < 1.29 is 14.6 Å². The number of carboxylic acid groups (broad SMARTS) is 1. The summed E-state index contributed by atoms with van der Waals surface area (Å²) in [5, 5.41) is 8.73. The molecule has 1 heterocycles. The van der Waals surface area contributed by atoms with Gasteiger partial charge in [-0.15, -0.1) is 0 Å². The molecule has 21 heavy (non-hydrogen) atoms. The number of ether oxygens (including phenoxy) is 1. The third-order valence-corrected chi connectivity index (χ3v) is 4.06. The molecule has 1 saturated heterocycles. The Bertz CT molecular complexity index is 444. The average Bonchev–Trinajstić information content (AvgIpc) is 2.65. The molecule has 1 atom stereocenters. The Kier molecular flexibility index (Phi) is 6.05. The Labute approximate surface area is 126 Å². The van der Waals surface area contributed by atoms with Gasteiger partial charge in [-0.3, -0.25) is 9.69 Å². The minimum atomic E-state index is -0.806. The summed E-state index contributed by atoms with van der Waals surface area (Å²) in [4.78, 5) is 13.1. The van der Waals surface area contributed by atoms with Crippen LogP contribution < -0.4 is 4.74 Å². The summed E-state index contributed by atoms with van der Waals surface area (Å²) in [6.45, 7) is 6.32. The number of benzene rings is 1. The van der Waals surface area contributed by atoms with Crippen LogP contribution in [-0.4, -0.2) is 42.2 Å². The van der Waals surface area contributed by atoms with Crippen molar-refractivity contribution in [2.75, 3.05) is 26.2 Å². The molecule has 2 rings (SSSR count). The maximum atomic E-state index is 10.6.